The highest BCUT2D eigenvalue weighted by Crippen LogP contribution is 2.37. The van der Waals surface area contributed by atoms with Crippen LogP contribution in [0.4, 0.5) is 0 Å². The van der Waals surface area contributed by atoms with E-state index in [2.05, 4.69) is 35.2 Å². The Balaban J connectivity index is 0.000000132. The molecule has 1 saturated heterocycles. The van der Waals surface area contributed by atoms with Gasteiger partial charge >= 0.3 is 17.9 Å². The molecule has 8 aromatic heterocycles. The van der Waals surface area contributed by atoms with E-state index in [9.17, 15) is 33.6 Å². The topological polar surface area (TPSA) is 322 Å². The number of hydrogen-bond acceptors (Lipinski definition) is 21. The fourth-order valence-electron chi connectivity index (χ4n) is 10.6. The number of carboxylic acids is 1. The van der Waals surface area contributed by atoms with Gasteiger partial charge in [-0.3, -0.25) is 64.0 Å². The van der Waals surface area contributed by atoms with Crippen LogP contribution in [-0.4, -0.2) is 114 Å². The summed E-state index contributed by atoms with van der Waals surface area (Å²) in [7, 11) is 0. The van der Waals surface area contributed by atoms with Gasteiger partial charge in [-0.15, -0.1) is 0 Å². The van der Waals surface area contributed by atoms with Crippen molar-refractivity contribution in [3.8, 4) is 23.0 Å². The Hall–Kier alpha value is -13.1. The van der Waals surface area contributed by atoms with Crippen molar-refractivity contribution in [1.82, 2.24) is 35.2 Å². The predicted molar refractivity (Wildman–Crippen MR) is 378 cm³/mol. The summed E-state index contributed by atoms with van der Waals surface area (Å²) >= 11 is 0. The van der Waals surface area contributed by atoms with E-state index in [1.54, 1.807) is 112 Å². The summed E-state index contributed by atoms with van der Waals surface area (Å²) in [6.45, 7) is 5.29. The van der Waals surface area contributed by atoms with Crippen LogP contribution in [0.3, 0.4) is 0 Å². The summed E-state index contributed by atoms with van der Waals surface area (Å²) in [6.07, 6.45) is 14.5. The maximum Gasteiger partial charge on any atom is 0.341 e. The summed E-state index contributed by atoms with van der Waals surface area (Å²) in [4.78, 5) is 104. The number of aromatic nitrogens is 6. The number of benzene rings is 6. The Morgan fingerprint density at radius 1 is 0.505 bits per heavy atom. The molecule has 3 N–H and O–H groups in total. The number of aliphatic carboxylic acids is 1. The Kier molecular flexibility index (Phi) is 24.3. The van der Waals surface area contributed by atoms with E-state index in [1.165, 1.54) is 6.92 Å². The lowest BCUT2D eigenvalue weighted by Crippen LogP contribution is -2.39. The first-order chi connectivity index (χ1) is 49.1. The lowest BCUT2D eigenvalue weighted by atomic mass is 9.89. The minimum absolute atomic E-state index is 0.0151. The molecule has 6 aromatic carbocycles. The molecule has 9 heterocycles. The van der Waals surface area contributed by atoms with Gasteiger partial charge in [0.1, 0.15) is 53.8 Å². The van der Waals surface area contributed by atoms with Crippen molar-refractivity contribution in [2.45, 2.75) is 52.4 Å². The number of rotatable bonds is 16. The molecule has 1 unspecified atom stereocenters. The molecule has 0 radical (unpaired) electrons. The molecule has 15 rings (SSSR count). The van der Waals surface area contributed by atoms with Gasteiger partial charge in [0, 0.05) is 97.8 Å². The zero-order valence-corrected chi connectivity index (χ0v) is 55.0. The average Bonchev–Trinajstić information content (AvgIpc) is 1.66. The number of piperidine rings is 1. The number of amides is 2. The number of aromatic hydroxyl groups is 1. The highest BCUT2D eigenvalue weighted by Gasteiger charge is 2.31. The molecule has 23 heteroatoms. The van der Waals surface area contributed by atoms with E-state index >= 15 is 0 Å². The van der Waals surface area contributed by atoms with E-state index in [-0.39, 0.29) is 80.3 Å². The van der Waals surface area contributed by atoms with Gasteiger partial charge in [-0.1, -0.05) is 36.4 Å². The van der Waals surface area contributed by atoms with Gasteiger partial charge in [0.25, 0.3) is 0 Å². The summed E-state index contributed by atoms with van der Waals surface area (Å²) < 4.78 is 36.5. The van der Waals surface area contributed by atoms with Crippen LogP contribution >= 0.6 is 0 Å². The molecule has 23 nitrogen and oxygen atoms in total. The van der Waals surface area contributed by atoms with E-state index < -0.39 is 11.9 Å². The Labute approximate surface area is 576 Å². The van der Waals surface area contributed by atoms with E-state index in [0.29, 0.717) is 36.7 Å². The zero-order chi connectivity index (χ0) is 71.0. The van der Waals surface area contributed by atoms with Crippen LogP contribution in [0, 0.1) is 0 Å². The van der Waals surface area contributed by atoms with Crippen molar-refractivity contribution >= 4 is 129 Å². The molecule has 0 spiro atoms. The fourth-order valence-corrected chi connectivity index (χ4v) is 10.6. The van der Waals surface area contributed by atoms with Crippen LogP contribution in [0.5, 0.6) is 23.0 Å². The molecule has 1 aliphatic rings. The van der Waals surface area contributed by atoms with Crippen molar-refractivity contribution in [3.63, 3.8) is 0 Å². The van der Waals surface area contributed by atoms with Crippen molar-refractivity contribution in [3.05, 3.63) is 231 Å². The molecule has 1 fully saturated rings. The van der Waals surface area contributed by atoms with E-state index in [4.69, 9.17) is 42.7 Å². The van der Waals surface area contributed by atoms with Gasteiger partial charge in [0.05, 0.1) is 71.2 Å². The number of hydrogen-bond donors (Lipinski definition) is 3. The van der Waals surface area contributed by atoms with Crippen molar-refractivity contribution < 1.29 is 76.3 Å². The highest BCUT2D eigenvalue weighted by molar-refractivity contribution is 6.10. The molecule has 0 saturated carbocycles. The van der Waals surface area contributed by atoms with Gasteiger partial charge in [0.2, 0.25) is 11.8 Å². The quantitative estimate of drug-likeness (QED) is 0.0460. The second kappa shape index (κ2) is 34.8. The molecule has 101 heavy (non-hydrogen) atoms. The zero-order valence-electron chi connectivity index (χ0n) is 55.0. The minimum atomic E-state index is -0.985. The van der Waals surface area contributed by atoms with Crippen LogP contribution in [0.25, 0.3) is 87.4 Å². The Morgan fingerprint density at radius 2 is 0.941 bits per heavy atom. The lowest BCUT2D eigenvalue weighted by Gasteiger charge is -2.20. The largest absolute Gasteiger partial charge is 0.508 e. The molecule has 510 valence electrons. The number of fused-ring (bicyclic) bond motifs is 10. The number of carbonyl (C=O) groups is 7. The standard InChI is InChI=1S/C16H12N2O3.C15H15NO4.C15H13NO3.C12H11NO2.C11H9NO3.C9H7NO/c19-14-6-3-9(16(20)18-14)11-8-21-13-5-4-12-10(15(11)13)2-1-7-17-12;1-2-19-15(18)9-12(17)10-20-13-5-6-14-11(8-13)4-3-7-16-14;1-2-18-14(17)8-10-9-19-13-6-5-12-11(15(10)13)4-3-7-16-12;1-9(14)8-15-11-4-5-12-10(7-11)3-2-6-13-12;13-11(14)7-15-9-3-4-10-8(6-9)2-1-5-12-10;11-8-3-4-9-7(6-8)2-1-5-10-9/h1-2,4-5,7-9H,3,6H2,(H,18,19,20);3-8H,2,9-10H2,1H3;3-7,9H,2,8H2,1H3;2-7H,8H2,1H3;1-6H,7H2,(H,13,14);1-6,11H. The first-order valence-electron chi connectivity index (χ1n) is 31.9. The van der Waals surface area contributed by atoms with Crippen LogP contribution in [0.1, 0.15) is 57.1 Å². The maximum atomic E-state index is 12.1. The number of phenols is 1. The number of pyridine rings is 6. The van der Waals surface area contributed by atoms with Crippen molar-refractivity contribution in [2.24, 2.45) is 0 Å². The van der Waals surface area contributed by atoms with Gasteiger partial charge < -0.3 is 42.7 Å². The third-order valence-corrected chi connectivity index (χ3v) is 15.2. The van der Waals surface area contributed by atoms with Gasteiger partial charge in [-0.2, -0.15) is 0 Å². The van der Waals surface area contributed by atoms with Crippen molar-refractivity contribution in [2.75, 3.05) is 33.0 Å². The van der Waals surface area contributed by atoms with Gasteiger partial charge in [-0.25, -0.2) is 4.79 Å². The molecule has 0 aliphatic carbocycles. The van der Waals surface area contributed by atoms with Crippen LogP contribution in [0.15, 0.2) is 228 Å². The summed E-state index contributed by atoms with van der Waals surface area (Å²) in [5.41, 5.74) is 8.47. The highest BCUT2D eigenvalue weighted by atomic mass is 16.5. The molecule has 1 aliphatic heterocycles. The first kappa shape index (κ1) is 70.7. The fraction of sp³-hybridized carbons (Fsp3) is 0.167. The molecule has 1 atom stereocenters. The average molecular weight is 1360 g/mol. The summed E-state index contributed by atoms with van der Waals surface area (Å²) in [5.74, 6) is -0.774. The third-order valence-electron chi connectivity index (χ3n) is 15.2. The summed E-state index contributed by atoms with van der Waals surface area (Å²) in [6, 6.07) is 51.7. The SMILES string of the molecule is CC(=O)COc1ccc2ncccc2c1.CCOC(=O)CC(=O)COc1ccc2ncccc2c1.CCOC(=O)Cc1coc2ccc3ncccc3c12.O=C(O)COc1ccc2ncccc2c1.O=C1CCC(c2coc3ccc4ncccc4c23)C(=O)N1.Oc1ccc2ncccc2c1. The van der Waals surface area contributed by atoms with Gasteiger partial charge in [0.15, 0.2) is 18.2 Å². The predicted octanol–water partition coefficient (Wildman–Crippen LogP) is 13.6. The normalized spacial score (nSPS) is 12.2. The Bertz CT molecular complexity index is 5200. The van der Waals surface area contributed by atoms with Crippen molar-refractivity contribution in [1.29, 1.82) is 0 Å². The number of ether oxygens (including phenoxy) is 5. The molecule has 0 bridgehead atoms. The number of furan rings is 2. The number of ketones is 2. The molecule has 2 amide bonds. The molecular formula is C78H67N7O16. The van der Waals surface area contributed by atoms with Crippen LogP contribution in [-0.2, 0) is 49.5 Å². The second-order valence-corrected chi connectivity index (χ2v) is 22.4. The number of Topliss-reactive ketones (excluding diaryl/α,β-unsaturated/α-hetero) is 2. The maximum absolute atomic E-state index is 12.1. The van der Waals surface area contributed by atoms with Crippen LogP contribution in [0.2, 0.25) is 0 Å². The van der Waals surface area contributed by atoms with Gasteiger partial charge in [-0.05, 0) is 161 Å². The number of nitrogens with one attached hydrogen (secondary N) is 1. The minimum Gasteiger partial charge on any atom is -0.508 e. The Morgan fingerprint density at radius 3 is 1.45 bits per heavy atom. The number of carbonyl (C=O) groups excluding carboxylic acids is 6. The van der Waals surface area contributed by atoms with E-state index in [0.717, 1.165) is 98.5 Å². The molecule has 14 aromatic rings. The summed E-state index contributed by atoms with van der Waals surface area (Å²) in [5, 5.41) is 27.6. The van der Waals surface area contributed by atoms with E-state index in [1.807, 2.05) is 121 Å². The lowest BCUT2D eigenvalue weighted by molar-refractivity contribution is -0.146. The number of carboxylic acid groups (broad SMARTS) is 1. The number of imide groups is 1. The molecular weight excluding hydrogens is 1290 g/mol. The first-order valence-corrected chi connectivity index (χ1v) is 31.9. The third kappa shape index (κ3) is 19.6. The van der Waals surface area contributed by atoms with Crippen LogP contribution < -0.4 is 19.5 Å². The smallest absolute Gasteiger partial charge is 0.341 e. The number of nitrogens with zero attached hydrogens (tertiary/aromatic N) is 6. The number of esters is 2. The monoisotopic (exact) mass is 1360 g/mol. The second-order valence-electron chi connectivity index (χ2n) is 22.4. The number of phenolic OH excluding ortho intramolecular Hbond substituents is 1.